The van der Waals surface area contributed by atoms with Gasteiger partial charge < -0.3 is 20.3 Å². The minimum Gasteiger partial charge on any atom is -0.377 e. The molecule has 1 unspecified atom stereocenters. The molecule has 0 aromatic rings. The van der Waals surface area contributed by atoms with Crippen LogP contribution in [0.3, 0.4) is 0 Å². The van der Waals surface area contributed by atoms with E-state index in [9.17, 15) is 4.79 Å². The number of amides is 1. The first-order valence-electron chi connectivity index (χ1n) is 7.22. The molecule has 1 atom stereocenters. The fourth-order valence-electron chi connectivity index (χ4n) is 2.08. The number of hydrogen-bond acceptors (Lipinski definition) is 3. The Kier molecular flexibility index (Phi) is 9.19. The average molecular weight is 412 g/mol. The van der Waals surface area contributed by atoms with Gasteiger partial charge in [-0.25, -0.2) is 0 Å². The van der Waals surface area contributed by atoms with E-state index in [4.69, 9.17) is 4.74 Å². The summed E-state index contributed by atoms with van der Waals surface area (Å²) in [5.74, 6) is 0.976. The molecule has 0 aliphatic carbocycles. The molecule has 1 rings (SSSR count). The summed E-state index contributed by atoms with van der Waals surface area (Å²) in [7, 11) is 3.45. The number of carbonyl (C=O) groups is 1. The predicted molar refractivity (Wildman–Crippen MR) is 96.3 cm³/mol. The minimum atomic E-state index is -0.239. The normalized spacial score (nSPS) is 19.2. The Morgan fingerprint density at radius 3 is 2.67 bits per heavy atom. The highest BCUT2D eigenvalue weighted by atomic mass is 127. The molecule has 6 nitrogen and oxygen atoms in total. The van der Waals surface area contributed by atoms with Crippen molar-refractivity contribution in [3.8, 4) is 0 Å². The summed E-state index contributed by atoms with van der Waals surface area (Å²) in [5.41, 5.74) is -0.239. The molecule has 21 heavy (non-hydrogen) atoms. The number of methoxy groups -OCH3 is 1. The molecule has 2 N–H and O–H groups in total. The third-order valence-electron chi connectivity index (χ3n) is 3.64. The van der Waals surface area contributed by atoms with Gasteiger partial charge in [-0.2, -0.15) is 0 Å². The van der Waals surface area contributed by atoms with Crippen LogP contribution in [-0.2, 0) is 9.53 Å². The predicted octanol–water partition coefficient (Wildman–Crippen LogP) is 1.21. The molecule has 1 fully saturated rings. The summed E-state index contributed by atoms with van der Waals surface area (Å²) >= 11 is 0. The van der Waals surface area contributed by atoms with Crippen molar-refractivity contribution in [3.05, 3.63) is 0 Å². The van der Waals surface area contributed by atoms with Crippen LogP contribution in [0, 0.1) is 0 Å². The summed E-state index contributed by atoms with van der Waals surface area (Å²) in [4.78, 5) is 17.8. The Morgan fingerprint density at radius 1 is 1.48 bits per heavy atom. The Bertz CT molecular complexity index is 361. The van der Waals surface area contributed by atoms with Crippen molar-refractivity contribution in [1.82, 2.24) is 15.5 Å². The maximum absolute atomic E-state index is 11.6. The Hall–Kier alpha value is -0.570. The quantitative estimate of drug-likeness (QED) is 0.405. The van der Waals surface area contributed by atoms with Crippen LogP contribution in [0.5, 0.6) is 0 Å². The van der Waals surface area contributed by atoms with Crippen LogP contribution >= 0.6 is 24.0 Å². The van der Waals surface area contributed by atoms with Gasteiger partial charge in [-0.3, -0.25) is 9.79 Å². The zero-order chi connectivity index (χ0) is 15.2. The number of hydrogen-bond donors (Lipinski definition) is 2. The topological polar surface area (TPSA) is 66.0 Å². The molecule has 1 heterocycles. The molecule has 0 spiro atoms. The molecular formula is C14H29IN4O2. The van der Waals surface area contributed by atoms with Crippen LogP contribution in [0.4, 0.5) is 0 Å². The van der Waals surface area contributed by atoms with Gasteiger partial charge >= 0.3 is 0 Å². The number of nitrogens with zero attached hydrogens (tertiary/aromatic N) is 2. The second-order valence-electron chi connectivity index (χ2n) is 5.71. The number of halogens is 1. The van der Waals surface area contributed by atoms with Crippen LogP contribution in [0.1, 0.15) is 33.6 Å². The second-order valence-corrected chi connectivity index (χ2v) is 5.71. The van der Waals surface area contributed by atoms with E-state index in [-0.39, 0.29) is 41.5 Å². The largest absolute Gasteiger partial charge is 0.377 e. The van der Waals surface area contributed by atoms with E-state index in [0.29, 0.717) is 13.0 Å². The summed E-state index contributed by atoms with van der Waals surface area (Å²) in [6, 6.07) is 0.266. The molecule has 0 saturated carbocycles. The minimum absolute atomic E-state index is 0. The van der Waals surface area contributed by atoms with Crippen molar-refractivity contribution in [2.24, 2.45) is 4.99 Å². The Balaban J connectivity index is 0.00000400. The SMILES string of the molecule is CCC(=O)N1CCC(NC(=NC)NCC(C)(C)OC)C1.I. The molecule has 1 aliphatic rings. The van der Waals surface area contributed by atoms with Gasteiger partial charge in [-0.15, -0.1) is 24.0 Å². The molecule has 124 valence electrons. The number of likely N-dealkylation sites (tertiary alicyclic amines) is 1. The maximum Gasteiger partial charge on any atom is 0.222 e. The van der Waals surface area contributed by atoms with Gasteiger partial charge in [0, 0.05) is 46.3 Å². The Morgan fingerprint density at radius 2 is 2.14 bits per heavy atom. The molecule has 0 radical (unpaired) electrons. The molecule has 7 heteroatoms. The highest BCUT2D eigenvalue weighted by Crippen LogP contribution is 2.10. The summed E-state index contributed by atoms with van der Waals surface area (Å²) in [6.45, 7) is 8.19. The zero-order valence-corrected chi connectivity index (χ0v) is 16.1. The highest BCUT2D eigenvalue weighted by molar-refractivity contribution is 14.0. The van der Waals surface area contributed by atoms with Crippen LogP contribution in [0.2, 0.25) is 0 Å². The molecule has 0 bridgehead atoms. The molecule has 0 aromatic carbocycles. The van der Waals surface area contributed by atoms with E-state index in [1.807, 2.05) is 25.7 Å². The van der Waals surface area contributed by atoms with Gasteiger partial charge in [0.2, 0.25) is 5.91 Å². The number of guanidine groups is 1. The lowest BCUT2D eigenvalue weighted by Gasteiger charge is -2.25. The van der Waals surface area contributed by atoms with Gasteiger partial charge in [0.05, 0.1) is 5.60 Å². The molecule has 0 aromatic heterocycles. The van der Waals surface area contributed by atoms with Gasteiger partial charge in [0.25, 0.3) is 0 Å². The van der Waals surface area contributed by atoms with Crippen molar-refractivity contribution >= 4 is 35.8 Å². The Labute approximate surface area is 145 Å². The molecule has 1 aliphatic heterocycles. The lowest BCUT2D eigenvalue weighted by molar-refractivity contribution is -0.129. The lowest BCUT2D eigenvalue weighted by atomic mass is 10.1. The average Bonchev–Trinajstić information content (AvgIpc) is 2.91. The van der Waals surface area contributed by atoms with E-state index < -0.39 is 0 Å². The van der Waals surface area contributed by atoms with E-state index in [1.54, 1.807) is 14.2 Å². The van der Waals surface area contributed by atoms with Gasteiger partial charge in [-0.05, 0) is 20.3 Å². The molecular weight excluding hydrogens is 383 g/mol. The van der Waals surface area contributed by atoms with Gasteiger partial charge in [0.15, 0.2) is 5.96 Å². The second kappa shape index (κ2) is 9.45. The van der Waals surface area contributed by atoms with Crippen LogP contribution in [-0.4, -0.2) is 62.2 Å². The van der Waals surface area contributed by atoms with Gasteiger partial charge in [0.1, 0.15) is 0 Å². The van der Waals surface area contributed by atoms with E-state index in [1.165, 1.54) is 0 Å². The smallest absolute Gasteiger partial charge is 0.222 e. The lowest BCUT2D eigenvalue weighted by Crippen LogP contribution is -2.49. The first-order valence-corrected chi connectivity index (χ1v) is 7.22. The van der Waals surface area contributed by atoms with Crippen molar-refractivity contribution in [2.45, 2.75) is 45.3 Å². The van der Waals surface area contributed by atoms with E-state index >= 15 is 0 Å². The van der Waals surface area contributed by atoms with E-state index in [0.717, 1.165) is 25.5 Å². The highest BCUT2D eigenvalue weighted by Gasteiger charge is 2.26. The number of ether oxygens (including phenoxy) is 1. The van der Waals surface area contributed by atoms with Crippen LogP contribution in [0.15, 0.2) is 4.99 Å². The zero-order valence-electron chi connectivity index (χ0n) is 13.7. The number of nitrogens with one attached hydrogen (secondary N) is 2. The molecule has 1 amide bonds. The van der Waals surface area contributed by atoms with Gasteiger partial charge in [-0.1, -0.05) is 6.92 Å². The third-order valence-corrected chi connectivity index (χ3v) is 3.64. The summed E-state index contributed by atoms with van der Waals surface area (Å²) in [5, 5.41) is 6.62. The van der Waals surface area contributed by atoms with Crippen LogP contribution in [0.25, 0.3) is 0 Å². The van der Waals surface area contributed by atoms with Crippen molar-refractivity contribution < 1.29 is 9.53 Å². The van der Waals surface area contributed by atoms with Crippen molar-refractivity contribution in [3.63, 3.8) is 0 Å². The standard InChI is InChI=1S/C14H28N4O2.HI/c1-6-12(19)18-8-7-11(9-18)17-13(15-4)16-10-14(2,3)20-5;/h11H,6-10H2,1-5H3,(H2,15,16,17);1H. The molecule has 1 saturated heterocycles. The first kappa shape index (κ1) is 20.4. The van der Waals surface area contributed by atoms with E-state index in [2.05, 4.69) is 15.6 Å². The maximum atomic E-state index is 11.6. The summed E-state index contributed by atoms with van der Waals surface area (Å²) in [6.07, 6.45) is 1.53. The summed E-state index contributed by atoms with van der Waals surface area (Å²) < 4.78 is 5.37. The fraction of sp³-hybridized carbons (Fsp3) is 0.857. The number of carbonyl (C=O) groups excluding carboxylic acids is 1. The first-order chi connectivity index (χ1) is 9.41. The monoisotopic (exact) mass is 412 g/mol. The van der Waals surface area contributed by atoms with Crippen molar-refractivity contribution in [2.75, 3.05) is 33.8 Å². The number of rotatable bonds is 5. The number of aliphatic imine (C=N–C) groups is 1. The third kappa shape index (κ3) is 6.82. The fourth-order valence-corrected chi connectivity index (χ4v) is 2.08. The van der Waals surface area contributed by atoms with Crippen molar-refractivity contribution in [1.29, 1.82) is 0 Å². The van der Waals surface area contributed by atoms with Crippen LogP contribution < -0.4 is 10.6 Å².